The van der Waals surface area contributed by atoms with E-state index in [9.17, 15) is 29.1 Å². The van der Waals surface area contributed by atoms with Gasteiger partial charge >= 0.3 is 11.9 Å². The summed E-state index contributed by atoms with van der Waals surface area (Å²) in [4.78, 5) is 58.7. The Hall–Kier alpha value is -2.38. The summed E-state index contributed by atoms with van der Waals surface area (Å²) in [6, 6.07) is -5.17. The fourth-order valence-electron chi connectivity index (χ4n) is 2.27. The Kier molecular flexibility index (Phi) is 12.7. The van der Waals surface area contributed by atoms with Crippen molar-refractivity contribution in [2.75, 3.05) is 18.6 Å². The van der Waals surface area contributed by atoms with Gasteiger partial charge in [0, 0.05) is 0 Å². The number of aliphatic hydroxyl groups excluding tert-OH is 1. The first-order valence-electron chi connectivity index (χ1n) is 9.15. The van der Waals surface area contributed by atoms with E-state index in [0.717, 1.165) is 0 Å². The van der Waals surface area contributed by atoms with Gasteiger partial charge in [-0.2, -0.15) is 11.8 Å². The number of carbonyl (C=O) groups excluding carboxylic acids is 3. The molecule has 0 aliphatic rings. The maximum atomic E-state index is 12.6. The van der Waals surface area contributed by atoms with Gasteiger partial charge in [-0.05, 0) is 24.3 Å². The normalized spacial score (nSPS) is 14.9. The average molecular weight is 451 g/mol. The van der Waals surface area contributed by atoms with Gasteiger partial charge in [0.1, 0.15) is 18.1 Å². The lowest BCUT2D eigenvalue weighted by atomic mass is 10.0. The highest BCUT2D eigenvalue weighted by atomic mass is 32.2. The van der Waals surface area contributed by atoms with Crippen LogP contribution in [0.2, 0.25) is 0 Å². The van der Waals surface area contributed by atoms with Crippen LogP contribution in [0.4, 0.5) is 0 Å². The number of hydrogen-bond acceptors (Lipinski definition) is 8. The summed E-state index contributed by atoms with van der Waals surface area (Å²) >= 11 is 1.51. The highest BCUT2D eigenvalue weighted by molar-refractivity contribution is 7.98. The van der Waals surface area contributed by atoms with Gasteiger partial charge in [-0.3, -0.25) is 19.2 Å². The van der Waals surface area contributed by atoms with E-state index in [4.69, 9.17) is 15.9 Å². The zero-order valence-corrected chi connectivity index (χ0v) is 17.9. The molecular formula is C17H30N4O8S. The Balaban J connectivity index is 5.13. The zero-order valence-electron chi connectivity index (χ0n) is 17.1. The monoisotopic (exact) mass is 450 g/mol. The van der Waals surface area contributed by atoms with Crippen LogP contribution < -0.4 is 21.7 Å². The third-order valence-corrected chi connectivity index (χ3v) is 4.67. The van der Waals surface area contributed by atoms with Crippen molar-refractivity contribution in [2.24, 2.45) is 11.7 Å². The summed E-state index contributed by atoms with van der Waals surface area (Å²) in [6.07, 6.45) is 1.38. The topological polar surface area (TPSA) is 208 Å². The summed E-state index contributed by atoms with van der Waals surface area (Å²) in [6.45, 7) is 2.43. The number of carbonyl (C=O) groups is 5. The number of carboxylic acids is 2. The second-order valence-electron chi connectivity index (χ2n) is 6.86. The van der Waals surface area contributed by atoms with Gasteiger partial charge in [-0.15, -0.1) is 0 Å². The molecule has 0 saturated carbocycles. The van der Waals surface area contributed by atoms with Crippen LogP contribution in [0.5, 0.6) is 0 Å². The number of hydrogen-bond donors (Lipinski definition) is 7. The molecule has 8 N–H and O–H groups in total. The maximum absolute atomic E-state index is 12.6. The number of rotatable bonds is 14. The van der Waals surface area contributed by atoms with Crippen molar-refractivity contribution in [3.05, 3.63) is 0 Å². The van der Waals surface area contributed by atoms with Crippen molar-refractivity contribution < 1.29 is 39.3 Å². The summed E-state index contributed by atoms with van der Waals surface area (Å²) < 4.78 is 0. The number of aliphatic carboxylic acids is 2. The van der Waals surface area contributed by atoms with Crippen LogP contribution in [-0.4, -0.2) is 87.8 Å². The molecule has 12 nitrogen and oxygen atoms in total. The van der Waals surface area contributed by atoms with E-state index in [1.165, 1.54) is 11.8 Å². The number of nitrogens with two attached hydrogens (primary N) is 1. The second kappa shape index (κ2) is 13.8. The Labute approximate surface area is 178 Å². The Morgan fingerprint density at radius 2 is 1.50 bits per heavy atom. The van der Waals surface area contributed by atoms with Gasteiger partial charge in [-0.1, -0.05) is 13.8 Å². The molecule has 0 aliphatic carbocycles. The fraction of sp³-hybridized carbons (Fsp3) is 0.706. The molecule has 0 aromatic rings. The van der Waals surface area contributed by atoms with Crippen LogP contribution in [-0.2, 0) is 24.0 Å². The van der Waals surface area contributed by atoms with Crippen molar-refractivity contribution in [3.63, 3.8) is 0 Å². The van der Waals surface area contributed by atoms with Crippen LogP contribution >= 0.6 is 11.8 Å². The molecule has 4 atom stereocenters. The number of nitrogens with one attached hydrogen (secondary N) is 3. The first kappa shape index (κ1) is 27.6. The molecule has 0 radical (unpaired) electrons. The molecule has 13 heteroatoms. The molecule has 0 rings (SSSR count). The van der Waals surface area contributed by atoms with Gasteiger partial charge in [-0.25, -0.2) is 4.79 Å². The van der Waals surface area contributed by atoms with Gasteiger partial charge in [0.05, 0.1) is 19.1 Å². The molecular weight excluding hydrogens is 420 g/mol. The minimum Gasteiger partial charge on any atom is -0.481 e. The predicted octanol–water partition coefficient (Wildman–Crippen LogP) is -2.27. The summed E-state index contributed by atoms with van der Waals surface area (Å²) in [5, 5.41) is 33.8. The highest BCUT2D eigenvalue weighted by Crippen LogP contribution is 2.05. The van der Waals surface area contributed by atoms with E-state index in [1.54, 1.807) is 13.8 Å². The lowest BCUT2D eigenvalue weighted by Gasteiger charge is -2.26. The molecule has 3 amide bonds. The van der Waals surface area contributed by atoms with Crippen molar-refractivity contribution in [1.29, 1.82) is 0 Å². The molecule has 0 aliphatic heterocycles. The third-order valence-electron chi connectivity index (χ3n) is 4.03. The summed E-state index contributed by atoms with van der Waals surface area (Å²) in [7, 11) is 0. The van der Waals surface area contributed by atoms with Gasteiger partial charge in [0.15, 0.2) is 0 Å². The molecule has 0 aromatic heterocycles. The largest absolute Gasteiger partial charge is 0.481 e. The van der Waals surface area contributed by atoms with Crippen LogP contribution in [0.25, 0.3) is 0 Å². The molecule has 4 unspecified atom stereocenters. The molecule has 30 heavy (non-hydrogen) atoms. The van der Waals surface area contributed by atoms with E-state index >= 15 is 0 Å². The van der Waals surface area contributed by atoms with Crippen molar-refractivity contribution in [2.45, 2.75) is 50.9 Å². The SMILES string of the molecule is CSCCC(N)C(=O)NC(C(=O)NC(CO)C(=O)NC(CC(=O)O)C(=O)O)C(C)C. The molecule has 0 heterocycles. The smallest absolute Gasteiger partial charge is 0.326 e. The van der Waals surface area contributed by atoms with Crippen LogP contribution in [0.15, 0.2) is 0 Å². The average Bonchev–Trinajstić information content (AvgIpc) is 2.66. The fourth-order valence-corrected chi connectivity index (χ4v) is 2.76. The summed E-state index contributed by atoms with van der Waals surface area (Å²) in [5.41, 5.74) is 5.79. The number of thioether (sulfide) groups is 1. The lowest BCUT2D eigenvalue weighted by Crippen LogP contribution is -2.59. The molecule has 0 bridgehead atoms. The van der Waals surface area contributed by atoms with Crippen molar-refractivity contribution >= 4 is 41.4 Å². The number of aliphatic hydroxyl groups is 1. The molecule has 172 valence electrons. The zero-order chi connectivity index (χ0) is 23.4. The van der Waals surface area contributed by atoms with Gasteiger partial charge in [0.2, 0.25) is 17.7 Å². The van der Waals surface area contributed by atoms with E-state index in [-0.39, 0.29) is 5.92 Å². The van der Waals surface area contributed by atoms with Crippen LogP contribution in [0.3, 0.4) is 0 Å². The van der Waals surface area contributed by atoms with Gasteiger partial charge in [0.25, 0.3) is 0 Å². The Morgan fingerprint density at radius 3 is 1.93 bits per heavy atom. The second-order valence-corrected chi connectivity index (χ2v) is 7.84. The third kappa shape index (κ3) is 9.89. The standard InChI is InChI=1S/C17H30N4O8S/c1-8(2)13(21-14(25)9(18)4-5-30-3)16(27)20-11(7-22)15(26)19-10(17(28)29)6-12(23)24/h8-11,13,22H,4-7,18H2,1-3H3,(H,19,26)(H,20,27)(H,21,25)(H,23,24)(H,28,29). The van der Waals surface area contributed by atoms with E-state index in [1.807, 2.05) is 11.6 Å². The quantitative estimate of drug-likeness (QED) is 0.151. The minimum atomic E-state index is -1.74. The Morgan fingerprint density at radius 1 is 0.933 bits per heavy atom. The number of amides is 3. The molecule has 0 saturated heterocycles. The molecule has 0 aromatic carbocycles. The van der Waals surface area contributed by atoms with E-state index in [2.05, 4.69) is 10.6 Å². The maximum Gasteiger partial charge on any atom is 0.326 e. The molecule has 0 fully saturated rings. The van der Waals surface area contributed by atoms with Crippen LogP contribution in [0, 0.1) is 5.92 Å². The first-order chi connectivity index (χ1) is 13.9. The predicted molar refractivity (Wildman–Crippen MR) is 109 cm³/mol. The van der Waals surface area contributed by atoms with E-state index < -0.39 is 66.9 Å². The highest BCUT2D eigenvalue weighted by Gasteiger charge is 2.31. The van der Waals surface area contributed by atoms with Crippen LogP contribution in [0.1, 0.15) is 26.7 Å². The molecule has 0 spiro atoms. The minimum absolute atomic E-state index is 0.386. The number of carboxylic acid groups (broad SMARTS) is 2. The van der Waals surface area contributed by atoms with Crippen molar-refractivity contribution in [1.82, 2.24) is 16.0 Å². The van der Waals surface area contributed by atoms with Crippen molar-refractivity contribution in [3.8, 4) is 0 Å². The lowest BCUT2D eigenvalue weighted by molar-refractivity contribution is -0.147. The van der Waals surface area contributed by atoms with Gasteiger partial charge < -0.3 is 37.0 Å². The summed E-state index contributed by atoms with van der Waals surface area (Å²) in [5.74, 6) is -5.17. The van der Waals surface area contributed by atoms with E-state index in [0.29, 0.717) is 12.2 Å². The Bertz CT molecular complexity index is 631. The first-order valence-corrected chi connectivity index (χ1v) is 10.5.